The van der Waals surface area contributed by atoms with Gasteiger partial charge in [-0.05, 0) is 55.2 Å². The molecule has 2 aromatic carbocycles. The third-order valence-corrected chi connectivity index (χ3v) is 11.7. The minimum atomic E-state index is -1.98. The third-order valence-electron chi connectivity index (χ3n) is 9.14. The molecule has 0 saturated carbocycles. The first-order valence-electron chi connectivity index (χ1n) is 16.8. The van der Waals surface area contributed by atoms with Crippen LogP contribution in [0.15, 0.2) is 53.6 Å². The van der Waals surface area contributed by atoms with E-state index < -0.39 is 46.6 Å². The minimum Gasteiger partial charge on any atom is -0.611 e. The molecule has 2 aromatic heterocycles. The molecule has 5 heterocycles. The normalized spacial score (nSPS) is 17.7. The van der Waals surface area contributed by atoms with Crippen LogP contribution in [0.4, 0.5) is 22.5 Å². The van der Waals surface area contributed by atoms with Crippen LogP contribution in [-0.2, 0) is 25.6 Å². The summed E-state index contributed by atoms with van der Waals surface area (Å²) in [7, 11) is 0. The summed E-state index contributed by atoms with van der Waals surface area (Å²) in [6.45, 7) is 5.07. The number of benzene rings is 2. The lowest BCUT2D eigenvalue weighted by Gasteiger charge is -2.35. The molecule has 6 amide bonds. The van der Waals surface area contributed by atoms with Gasteiger partial charge in [0.25, 0.3) is 23.6 Å². The molecule has 3 N–H and O–H groups in total. The van der Waals surface area contributed by atoms with Crippen molar-refractivity contribution in [3.63, 3.8) is 0 Å². The number of piperidine rings is 1. The number of aryl methyl sites for hydroxylation is 2. The Labute approximate surface area is 320 Å². The lowest BCUT2D eigenvalue weighted by molar-refractivity contribution is -0.136. The average Bonchev–Trinajstić information content (AvgIpc) is 3.71. The number of nitrogens with one attached hydrogen (secondary N) is 3. The van der Waals surface area contributed by atoms with E-state index in [-0.39, 0.29) is 40.7 Å². The number of aromatic nitrogens is 3. The molecule has 3 aliphatic rings. The zero-order valence-electron chi connectivity index (χ0n) is 28.9. The Morgan fingerprint density at radius 2 is 1.80 bits per heavy atom. The average molecular weight is 790 g/mol. The predicted octanol–water partition coefficient (Wildman–Crippen LogP) is 3.06. The number of hydrogen-bond acceptors (Lipinski definition) is 13. The van der Waals surface area contributed by atoms with Gasteiger partial charge in [0, 0.05) is 38.7 Å². The fraction of sp³-hybridized carbons (Fsp3) is 0.286. The summed E-state index contributed by atoms with van der Waals surface area (Å²) in [6, 6.07) is 10.3. The molecule has 0 bridgehead atoms. The predicted molar refractivity (Wildman–Crippen MR) is 199 cm³/mol. The Bertz CT molecular complexity index is 2210. The number of amides is 6. The van der Waals surface area contributed by atoms with Crippen LogP contribution in [0.3, 0.4) is 0 Å². The lowest BCUT2D eigenvalue weighted by atomic mass is 10.0. The summed E-state index contributed by atoms with van der Waals surface area (Å²) in [5.41, 5.74) is 1.26. The quantitative estimate of drug-likeness (QED) is 0.165. The lowest BCUT2D eigenvalue weighted by Crippen LogP contribution is -2.54. The highest BCUT2D eigenvalue weighted by Gasteiger charge is 2.47. The molecule has 278 valence electrons. The molecular formula is C35H32ClN9O7S2. The molecule has 0 spiro atoms. The number of nitrogens with zero attached hydrogens (tertiary/aromatic N) is 6. The van der Waals surface area contributed by atoms with Crippen LogP contribution in [-0.4, -0.2) is 103 Å². The molecule has 2 unspecified atom stereocenters. The van der Waals surface area contributed by atoms with E-state index in [2.05, 4.69) is 30.9 Å². The SMILES string of the molecule is Cc1nc(Nc2ncc(C(=O)Nc3c(C)cccc3Cl)s2)cc(N2CCN(C(=O)C[S+]([O-])c3cccc4c3C(=O)N(C3CCC(=O)NC3=O)C4=O)CC2)n1. The highest BCUT2D eigenvalue weighted by Crippen LogP contribution is 2.33. The van der Waals surface area contributed by atoms with Gasteiger partial charge < -0.3 is 25.0 Å². The van der Waals surface area contributed by atoms with Crippen molar-refractivity contribution in [3.8, 4) is 0 Å². The minimum absolute atomic E-state index is 0.00472. The molecular weight excluding hydrogens is 758 g/mol. The molecule has 3 aliphatic heterocycles. The number of imide groups is 2. The fourth-order valence-corrected chi connectivity index (χ4v) is 8.63. The van der Waals surface area contributed by atoms with Crippen LogP contribution >= 0.6 is 22.9 Å². The number of piperazine rings is 1. The smallest absolute Gasteiger partial charge is 0.273 e. The molecule has 2 saturated heterocycles. The fourth-order valence-electron chi connectivity index (χ4n) is 6.43. The van der Waals surface area contributed by atoms with E-state index in [4.69, 9.17) is 11.6 Å². The first-order valence-corrected chi connectivity index (χ1v) is 19.3. The van der Waals surface area contributed by atoms with Gasteiger partial charge in [0.1, 0.15) is 33.9 Å². The van der Waals surface area contributed by atoms with E-state index >= 15 is 0 Å². The Hall–Kier alpha value is -5.43. The molecule has 4 aromatic rings. The van der Waals surface area contributed by atoms with Crippen molar-refractivity contribution in [2.24, 2.45) is 0 Å². The van der Waals surface area contributed by atoms with Gasteiger partial charge in [-0.1, -0.05) is 41.1 Å². The van der Waals surface area contributed by atoms with E-state index in [1.54, 1.807) is 30.0 Å². The second kappa shape index (κ2) is 15.1. The number of carbonyl (C=O) groups is 6. The van der Waals surface area contributed by atoms with Crippen molar-refractivity contribution in [2.75, 3.05) is 47.5 Å². The van der Waals surface area contributed by atoms with E-state index in [1.807, 2.05) is 17.9 Å². The monoisotopic (exact) mass is 789 g/mol. The Kier molecular flexibility index (Phi) is 10.3. The molecule has 54 heavy (non-hydrogen) atoms. The van der Waals surface area contributed by atoms with E-state index in [1.165, 1.54) is 24.4 Å². The largest absolute Gasteiger partial charge is 0.611 e. The van der Waals surface area contributed by atoms with Crippen LogP contribution in [0.5, 0.6) is 0 Å². The summed E-state index contributed by atoms with van der Waals surface area (Å²) >= 11 is 5.44. The first kappa shape index (κ1) is 36.9. The van der Waals surface area contributed by atoms with Crippen LogP contribution in [0.1, 0.15) is 54.6 Å². The maximum atomic E-state index is 13.6. The van der Waals surface area contributed by atoms with Crippen molar-refractivity contribution in [2.45, 2.75) is 37.6 Å². The maximum absolute atomic E-state index is 13.6. The highest BCUT2D eigenvalue weighted by atomic mass is 35.5. The van der Waals surface area contributed by atoms with E-state index in [0.29, 0.717) is 64.4 Å². The van der Waals surface area contributed by atoms with Crippen molar-refractivity contribution in [3.05, 3.63) is 81.1 Å². The maximum Gasteiger partial charge on any atom is 0.273 e. The number of hydrogen-bond donors (Lipinski definition) is 3. The van der Waals surface area contributed by atoms with Gasteiger partial charge in [0.2, 0.25) is 11.8 Å². The first-order chi connectivity index (χ1) is 25.9. The van der Waals surface area contributed by atoms with Crippen LogP contribution in [0.2, 0.25) is 5.02 Å². The van der Waals surface area contributed by atoms with Crippen LogP contribution < -0.4 is 20.9 Å². The summed E-state index contributed by atoms with van der Waals surface area (Å²) in [6.07, 6.45) is 1.43. The van der Waals surface area contributed by atoms with Gasteiger partial charge in [0.05, 0.1) is 22.5 Å². The summed E-state index contributed by atoms with van der Waals surface area (Å²) in [5.74, 6) is -2.31. The van der Waals surface area contributed by atoms with E-state index in [0.717, 1.165) is 21.8 Å². The zero-order chi connectivity index (χ0) is 38.3. The molecule has 0 aliphatic carbocycles. The topological polar surface area (TPSA) is 210 Å². The number of thiazole rings is 1. The molecule has 16 nitrogen and oxygen atoms in total. The number of fused-ring (bicyclic) bond motifs is 1. The van der Waals surface area contributed by atoms with E-state index in [9.17, 15) is 33.3 Å². The molecule has 19 heteroatoms. The highest BCUT2D eigenvalue weighted by molar-refractivity contribution is 7.92. The summed E-state index contributed by atoms with van der Waals surface area (Å²) < 4.78 is 13.6. The van der Waals surface area contributed by atoms with Crippen molar-refractivity contribution in [1.29, 1.82) is 0 Å². The van der Waals surface area contributed by atoms with Crippen molar-refractivity contribution >= 4 is 92.0 Å². The van der Waals surface area contributed by atoms with Gasteiger partial charge in [-0.2, -0.15) is 0 Å². The van der Waals surface area contributed by atoms with Gasteiger partial charge in [-0.15, -0.1) is 0 Å². The number of halogens is 1. The van der Waals surface area contributed by atoms with Gasteiger partial charge in [-0.25, -0.2) is 15.0 Å². The number of carbonyl (C=O) groups excluding carboxylic acids is 6. The second-order valence-electron chi connectivity index (χ2n) is 12.7. The number of para-hydroxylation sites is 1. The molecule has 7 rings (SSSR count). The van der Waals surface area contributed by atoms with Gasteiger partial charge in [0.15, 0.2) is 15.8 Å². The van der Waals surface area contributed by atoms with Gasteiger partial charge >= 0.3 is 0 Å². The van der Waals surface area contributed by atoms with Crippen LogP contribution in [0, 0.1) is 13.8 Å². The Morgan fingerprint density at radius 3 is 2.54 bits per heavy atom. The van der Waals surface area contributed by atoms with Crippen molar-refractivity contribution < 1.29 is 33.3 Å². The zero-order valence-corrected chi connectivity index (χ0v) is 31.3. The van der Waals surface area contributed by atoms with Crippen LogP contribution in [0.25, 0.3) is 0 Å². The molecule has 0 radical (unpaired) electrons. The molecule has 2 fully saturated rings. The summed E-state index contributed by atoms with van der Waals surface area (Å²) in [5, 5.41) is 9.01. The second-order valence-corrected chi connectivity index (χ2v) is 15.5. The summed E-state index contributed by atoms with van der Waals surface area (Å²) in [4.78, 5) is 95.1. The van der Waals surface area contributed by atoms with Crippen molar-refractivity contribution in [1.82, 2.24) is 30.1 Å². The number of anilines is 4. The van der Waals surface area contributed by atoms with Gasteiger partial charge in [-0.3, -0.25) is 39.0 Å². The Balaban J connectivity index is 0.959. The standard InChI is InChI=1S/C35H32ClN9O7S2/c1-18-5-3-7-21(36)30(18)42-32(49)23-16-37-35(53-23)40-25-15-26(39-19(2)38-25)43-11-13-44(14-12-43)28(47)17-54(52)24-8-4-6-20-29(24)34(51)45(33(20)50)22-9-10-27(46)41-31(22)48/h3-8,15-16,22H,9-14,17H2,1-2H3,(H,42,49)(H,41,46,48)(H,37,38,39,40). The Morgan fingerprint density at radius 1 is 1.04 bits per heavy atom. The number of rotatable bonds is 9. The molecule has 2 atom stereocenters. The third kappa shape index (κ3) is 7.37.